The van der Waals surface area contributed by atoms with Gasteiger partial charge in [0.25, 0.3) is 0 Å². The second-order valence-corrected chi connectivity index (χ2v) is 9.32. The summed E-state index contributed by atoms with van der Waals surface area (Å²) in [4.78, 5) is 0. The summed E-state index contributed by atoms with van der Waals surface area (Å²) < 4.78 is 0. The average Bonchev–Trinajstić information content (AvgIpc) is 2.80. The van der Waals surface area contributed by atoms with Gasteiger partial charge in [0.1, 0.15) is 0 Å². The van der Waals surface area contributed by atoms with Crippen molar-refractivity contribution in [3.8, 4) is 0 Å². The third kappa shape index (κ3) is 2.22. The fourth-order valence-electron chi connectivity index (χ4n) is 7.19. The molecule has 0 spiro atoms. The Labute approximate surface area is 133 Å². The third-order valence-electron chi connectivity index (χ3n) is 8.94. The topological polar surface area (TPSA) is 0 Å². The zero-order valence-electron chi connectivity index (χ0n) is 15.3. The van der Waals surface area contributed by atoms with E-state index in [1.54, 1.807) is 12.8 Å². The van der Waals surface area contributed by atoms with E-state index >= 15 is 0 Å². The zero-order chi connectivity index (χ0) is 15.3. The molecule has 7 atom stereocenters. The maximum atomic E-state index is 2.68. The number of fused-ring (bicyclic) bond motifs is 3. The van der Waals surface area contributed by atoms with Gasteiger partial charge >= 0.3 is 0 Å². The fourth-order valence-corrected chi connectivity index (χ4v) is 7.19. The van der Waals surface area contributed by atoms with Gasteiger partial charge in [-0.05, 0) is 78.9 Å². The highest BCUT2D eigenvalue weighted by Crippen LogP contribution is 2.66. The van der Waals surface area contributed by atoms with Crippen molar-refractivity contribution in [3.05, 3.63) is 0 Å². The zero-order valence-corrected chi connectivity index (χ0v) is 15.3. The molecule has 0 aromatic heterocycles. The van der Waals surface area contributed by atoms with Crippen LogP contribution in [0.5, 0.6) is 0 Å². The van der Waals surface area contributed by atoms with Crippen molar-refractivity contribution in [2.45, 2.75) is 92.4 Å². The van der Waals surface area contributed by atoms with Gasteiger partial charge in [0, 0.05) is 0 Å². The normalized spacial score (nSPS) is 53.3. The average molecular weight is 291 g/mol. The van der Waals surface area contributed by atoms with Crippen LogP contribution in [0.15, 0.2) is 0 Å². The van der Waals surface area contributed by atoms with Crippen LogP contribution in [-0.2, 0) is 0 Å². The number of hydrogen-bond donors (Lipinski definition) is 0. The summed E-state index contributed by atoms with van der Waals surface area (Å²) in [7, 11) is 0. The van der Waals surface area contributed by atoms with Gasteiger partial charge in [-0.3, -0.25) is 0 Å². The minimum absolute atomic E-state index is 0.632. The number of hydrogen-bond acceptors (Lipinski definition) is 0. The molecule has 3 aliphatic rings. The molecule has 21 heavy (non-hydrogen) atoms. The lowest BCUT2D eigenvalue weighted by Gasteiger charge is -2.58. The molecule has 122 valence electrons. The maximum absolute atomic E-state index is 2.68. The second-order valence-electron chi connectivity index (χ2n) is 9.32. The summed E-state index contributed by atoms with van der Waals surface area (Å²) in [5, 5.41) is 0. The highest BCUT2D eigenvalue weighted by atomic mass is 14.6. The fraction of sp³-hybridized carbons (Fsp3) is 1.00. The van der Waals surface area contributed by atoms with E-state index < -0.39 is 0 Å². The van der Waals surface area contributed by atoms with Gasteiger partial charge in [-0.1, -0.05) is 53.9 Å². The summed E-state index contributed by atoms with van der Waals surface area (Å²) in [5.41, 5.74) is 1.33. The van der Waals surface area contributed by atoms with Crippen LogP contribution in [0.25, 0.3) is 0 Å². The molecule has 3 rings (SSSR count). The Balaban J connectivity index is 1.85. The Morgan fingerprint density at radius 1 is 0.905 bits per heavy atom. The van der Waals surface area contributed by atoms with E-state index in [1.165, 1.54) is 44.9 Å². The molecule has 0 aromatic rings. The lowest BCUT2D eigenvalue weighted by molar-refractivity contribution is -0.0938. The van der Waals surface area contributed by atoms with E-state index in [2.05, 4.69) is 34.6 Å². The Morgan fingerprint density at radius 3 is 2.33 bits per heavy atom. The van der Waals surface area contributed by atoms with Crippen LogP contribution in [0.1, 0.15) is 92.4 Å². The van der Waals surface area contributed by atoms with Crippen LogP contribution in [0.4, 0.5) is 0 Å². The molecule has 0 heterocycles. The van der Waals surface area contributed by atoms with Crippen LogP contribution in [0.2, 0.25) is 0 Å². The van der Waals surface area contributed by atoms with Crippen LogP contribution in [0.3, 0.4) is 0 Å². The molecule has 3 fully saturated rings. The molecule has 0 heteroatoms. The highest BCUT2D eigenvalue weighted by molar-refractivity contribution is 5.07. The number of rotatable bonds is 3. The quantitative estimate of drug-likeness (QED) is 0.543. The standard InChI is InChI=1S/C21H38/c1-6-8-16-10-12-18-17-11-9-15(3)20(4,7-2)19(17)13-14-21(16,18)5/h15-19H,6-14H2,1-5H3. The molecular formula is C21H38. The Bertz CT molecular complexity index is 372. The van der Waals surface area contributed by atoms with E-state index in [0.717, 1.165) is 29.6 Å². The predicted molar refractivity (Wildman–Crippen MR) is 92.2 cm³/mol. The van der Waals surface area contributed by atoms with E-state index in [1.807, 2.05) is 0 Å². The molecule has 0 amide bonds. The molecular weight excluding hydrogens is 252 g/mol. The van der Waals surface area contributed by atoms with Gasteiger partial charge in [0.15, 0.2) is 0 Å². The summed E-state index contributed by atoms with van der Waals surface area (Å²) >= 11 is 0. The van der Waals surface area contributed by atoms with Gasteiger partial charge in [-0.25, -0.2) is 0 Å². The lowest BCUT2D eigenvalue weighted by atomic mass is 9.46. The molecule has 0 nitrogen and oxygen atoms in total. The molecule has 7 unspecified atom stereocenters. The van der Waals surface area contributed by atoms with Crippen molar-refractivity contribution in [1.29, 1.82) is 0 Å². The van der Waals surface area contributed by atoms with Crippen molar-refractivity contribution in [3.63, 3.8) is 0 Å². The molecule has 0 aromatic carbocycles. The SMILES string of the molecule is CCCC1CCC2C3CCC(C)C(C)(CC)C3CCC12C. The van der Waals surface area contributed by atoms with Gasteiger partial charge in [0.2, 0.25) is 0 Å². The van der Waals surface area contributed by atoms with Crippen LogP contribution >= 0.6 is 0 Å². The first kappa shape index (κ1) is 15.9. The third-order valence-corrected chi connectivity index (χ3v) is 8.94. The van der Waals surface area contributed by atoms with E-state index in [9.17, 15) is 0 Å². The molecule has 0 N–H and O–H groups in total. The molecule has 3 saturated carbocycles. The van der Waals surface area contributed by atoms with Gasteiger partial charge in [-0.15, -0.1) is 0 Å². The van der Waals surface area contributed by atoms with Crippen LogP contribution in [-0.4, -0.2) is 0 Å². The van der Waals surface area contributed by atoms with Crippen LogP contribution in [0, 0.1) is 40.4 Å². The molecule has 0 bridgehead atoms. The van der Waals surface area contributed by atoms with Crippen molar-refractivity contribution >= 4 is 0 Å². The van der Waals surface area contributed by atoms with Crippen LogP contribution < -0.4 is 0 Å². The van der Waals surface area contributed by atoms with Crippen molar-refractivity contribution in [1.82, 2.24) is 0 Å². The van der Waals surface area contributed by atoms with E-state index in [4.69, 9.17) is 0 Å². The van der Waals surface area contributed by atoms with Crippen molar-refractivity contribution in [2.24, 2.45) is 40.4 Å². The second kappa shape index (κ2) is 5.57. The van der Waals surface area contributed by atoms with Crippen molar-refractivity contribution < 1.29 is 0 Å². The Hall–Kier alpha value is 0. The minimum Gasteiger partial charge on any atom is -0.0654 e. The summed E-state index contributed by atoms with van der Waals surface area (Å²) in [5.74, 6) is 5.14. The summed E-state index contributed by atoms with van der Waals surface area (Å²) in [6, 6.07) is 0. The maximum Gasteiger partial charge on any atom is -0.0266 e. The first-order valence-electron chi connectivity index (χ1n) is 9.97. The van der Waals surface area contributed by atoms with Gasteiger partial charge < -0.3 is 0 Å². The van der Waals surface area contributed by atoms with E-state index in [-0.39, 0.29) is 0 Å². The van der Waals surface area contributed by atoms with Gasteiger partial charge in [-0.2, -0.15) is 0 Å². The largest absolute Gasteiger partial charge is 0.0654 e. The minimum atomic E-state index is 0.632. The van der Waals surface area contributed by atoms with Gasteiger partial charge in [0.05, 0.1) is 0 Å². The van der Waals surface area contributed by atoms with Crippen molar-refractivity contribution in [2.75, 3.05) is 0 Å². The first-order chi connectivity index (χ1) is 9.97. The lowest BCUT2D eigenvalue weighted by Crippen LogP contribution is -2.51. The molecule has 0 radical (unpaired) electrons. The molecule has 0 saturated heterocycles. The Kier molecular flexibility index (Phi) is 4.21. The predicted octanol–water partition coefficient (Wildman–Crippen LogP) is 6.69. The Morgan fingerprint density at radius 2 is 1.67 bits per heavy atom. The first-order valence-corrected chi connectivity index (χ1v) is 9.97. The van der Waals surface area contributed by atoms with E-state index in [0.29, 0.717) is 10.8 Å². The highest BCUT2D eigenvalue weighted by Gasteiger charge is 2.57. The smallest absolute Gasteiger partial charge is 0.0266 e. The monoisotopic (exact) mass is 290 g/mol. The molecule has 3 aliphatic carbocycles. The molecule has 0 aliphatic heterocycles. The summed E-state index contributed by atoms with van der Waals surface area (Å²) in [6.07, 6.45) is 13.5. The summed E-state index contributed by atoms with van der Waals surface area (Å²) in [6.45, 7) is 12.7.